The molecule has 138 valence electrons. The summed E-state index contributed by atoms with van der Waals surface area (Å²) < 4.78 is 1.22. The Hall–Kier alpha value is -3.41. The lowest BCUT2D eigenvalue weighted by Crippen LogP contribution is -2.21. The van der Waals surface area contributed by atoms with Crippen molar-refractivity contribution < 1.29 is 15.0 Å². The van der Waals surface area contributed by atoms with Gasteiger partial charge in [-0.25, -0.2) is 9.48 Å². The zero-order chi connectivity index (χ0) is 19.8. The zero-order valence-electron chi connectivity index (χ0n) is 15.3. The number of carbonyl (C=O) groups is 1. The zero-order valence-corrected chi connectivity index (χ0v) is 15.3. The van der Waals surface area contributed by atoms with Gasteiger partial charge in [-0.05, 0) is 22.6 Å². The fourth-order valence-electron chi connectivity index (χ4n) is 2.81. The summed E-state index contributed by atoms with van der Waals surface area (Å²) in [6.45, 7) is 6.41. The summed E-state index contributed by atoms with van der Waals surface area (Å²) in [6, 6.07) is 15.3. The van der Waals surface area contributed by atoms with Crippen LogP contribution in [0.2, 0.25) is 0 Å². The lowest BCUT2D eigenvalue weighted by Gasteiger charge is -2.19. The minimum Gasteiger partial charge on any atom is -0.503 e. The number of aromatic carboxylic acids is 1. The van der Waals surface area contributed by atoms with Crippen molar-refractivity contribution in [1.29, 1.82) is 0 Å². The molecule has 2 aromatic carbocycles. The molecule has 1 heterocycles. The molecule has 0 atom stereocenters. The molecule has 0 aliphatic carbocycles. The Balaban J connectivity index is 2.16. The van der Waals surface area contributed by atoms with Crippen LogP contribution in [0, 0.1) is 0 Å². The number of nitrogens with zero attached hydrogens (tertiary/aromatic N) is 2. The number of para-hydroxylation sites is 1. The lowest BCUT2D eigenvalue weighted by atomic mass is 9.86. The van der Waals surface area contributed by atoms with E-state index in [1.54, 1.807) is 12.1 Å². The van der Waals surface area contributed by atoms with Gasteiger partial charge in [0, 0.05) is 5.56 Å². The summed E-state index contributed by atoms with van der Waals surface area (Å²) in [4.78, 5) is 23.0. The van der Waals surface area contributed by atoms with Crippen molar-refractivity contribution in [2.24, 2.45) is 0 Å². The van der Waals surface area contributed by atoms with Crippen molar-refractivity contribution in [1.82, 2.24) is 9.78 Å². The van der Waals surface area contributed by atoms with Gasteiger partial charge in [0.25, 0.3) is 5.43 Å². The van der Waals surface area contributed by atoms with E-state index in [0.29, 0.717) is 5.69 Å². The molecule has 2 N–H and O–H groups in total. The molecule has 0 aliphatic rings. The quantitative estimate of drug-likeness (QED) is 0.741. The van der Waals surface area contributed by atoms with Gasteiger partial charge in [-0.3, -0.25) is 4.79 Å². The Morgan fingerprint density at radius 3 is 2.26 bits per heavy atom. The number of aromatic nitrogens is 2. The van der Waals surface area contributed by atoms with Crippen LogP contribution < -0.4 is 5.43 Å². The van der Waals surface area contributed by atoms with Crippen LogP contribution in [0.5, 0.6) is 5.75 Å². The van der Waals surface area contributed by atoms with E-state index in [1.165, 1.54) is 10.2 Å². The molecule has 0 spiro atoms. The van der Waals surface area contributed by atoms with E-state index in [4.69, 9.17) is 5.11 Å². The van der Waals surface area contributed by atoms with Gasteiger partial charge in [-0.15, -0.1) is 0 Å². The molecule has 0 bridgehead atoms. The summed E-state index contributed by atoms with van der Waals surface area (Å²) in [7, 11) is 0. The maximum atomic E-state index is 11.8. The van der Waals surface area contributed by atoms with Gasteiger partial charge in [-0.2, -0.15) is 5.10 Å². The van der Waals surface area contributed by atoms with Crippen LogP contribution in [0.1, 0.15) is 36.8 Å². The van der Waals surface area contributed by atoms with Crippen molar-refractivity contribution in [2.75, 3.05) is 0 Å². The number of hydrogen-bond donors (Lipinski definition) is 2. The van der Waals surface area contributed by atoms with Crippen molar-refractivity contribution in [2.45, 2.75) is 26.2 Å². The average Bonchev–Trinajstić information content (AvgIpc) is 2.63. The van der Waals surface area contributed by atoms with Gasteiger partial charge >= 0.3 is 5.97 Å². The predicted molar refractivity (Wildman–Crippen MR) is 103 cm³/mol. The minimum absolute atomic E-state index is 0.0283. The van der Waals surface area contributed by atoms with E-state index in [9.17, 15) is 14.7 Å². The van der Waals surface area contributed by atoms with Crippen LogP contribution in [0.25, 0.3) is 16.8 Å². The maximum absolute atomic E-state index is 11.8. The van der Waals surface area contributed by atoms with E-state index < -0.39 is 22.8 Å². The number of aromatic hydroxyl groups is 1. The molecular weight excluding hydrogens is 344 g/mol. The molecule has 0 saturated heterocycles. The van der Waals surface area contributed by atoms with Crippen molar-refractivity contribution >= 4 is 5.97 Å². The molecule has 27 heavy (non-hydrogen) atoms. The Bertz CT molecular complexity index is 1060. The van der Waals surface area contributed by atoms with Gasteiger partial charge in [0.2, 0.25) is 5.69 Å². The van der Waals surface area contributed by atoms with Gasteiger partial charge in [0.1, 0.15) is 0 Å². The molecule has 1 aromatic heterocycles. The number of benzene rings is 2. The largest absolute Gasteiger partial charge is 0.503 e. The van der Waals surface area contributed by atoms with Gasteiger partial charge in [0.05, 0.1) is 11.9 Å². The fraction of sp³-hybridized carbons (Fsp3) is 0.190. The predicted octanol–water partition coefficient (Wildman–Crippen LogP) is 3.60. The van der Waals surface area contributed by atoms with Gasteiger partial charge in [-0.1, -0.05) is 63.2 Å². The highest BCUT2D eigenvalue weighted by atomic mass is 16.4. The number of hydrogen-bond acceptors (Lipinski definition) is 4. The third kappa shape index (κ3) is 3.60. The van der Waals surface area contributed by atoms with E-state index in [1.807, 2.05) is 36.4 Å². The average molecular weight is 364 g/mol. The summed E-state index contributed by atoms with van der Waals surface area (Å²) in [5, 5.41) is 22.9. The first-order chi connectivity index (χ1) is 12.7. The summed E-state index contributed by atoms with van der Waals surface area (Å²) >= 11 is 0. The van der Waals surface area contributed by atoms with E-state index in [0.717, 1.165) is 17.3 Å². The van der Waals surface area contributed by atoms with Gasteiger partial charge < -0.3 is 10.2 Å². The maximum Gasteiger partial charge on any atom is 0.360 e. The van der Waals surface area contributed by atoms with Gasteiger partial charge in [0.15, 0.2) is 5.75 Å². The standard InChI is InChI=1S/C21H20N2O4/c1-21(2,3)14-10-8-13(9-11-14)15-6-4-5-7-16(15)23-12-17(24)19(25)18(22-23)20(26)27/h4-12,24H,1-3H3,(H,26,27). The number of rotatable bonds is 3. The highest BCUT2D eigenvalue weighted by molar-refractivity contribution is 5.85. The monoisotopic (exact) mass is 364 g/mol. The fourth-order valence-corrected chi connectivity index (χ4v) is 2.81. The van der Waals surface area contributed by atoms with Crippen LogP contribution in [-0.4, -0.2) is 26.0 Å². The second kappa shape index (κ2) is 6.72. The second-order valence-electron chi connectivity index (χ2n) is 7.29. The molecule has 3 rings (SSSR count). The first kappa shape index (κ1) is 18.4. The third-order valence-corrected chi connectivity index (χ3v) is 4.32. The molecule has 0 unspecified atom stereocenters. The van der Waals surface area contributed by atoms with E-state index in [-0.39, 0.29) is 5.41 Å². The molecule has 3 aromatic rings. The molecular formula is C21H20N2O4. The number of carboxylic acid groups (broad SMARTS) is 1. The molecule has 0 fully saturated rings. The van der Waals surface area contributed by atoms with Crippen LogP contribution in [0.3, 0.4) is 0 Å². The topological polar surface area (TPSA) is 92.4 Å². The second-order valence-corrected chi connectivity index (χ2v) is 7.29. The van der Waals surface area contributed by atoms with Crippen LogP contribution >= 0.6 is 0 Å². The van der Waals surface area contributed by atoms with Crippen molar-refractivity contribution in [3.63, 3.8) is 0 Å². The van der Waals surface area contributed by atoms with E-state index >= 15 is 0 Å². The van der Waals surface area contributed by atoms with E-state index in [2.05, 4.69) is 25.9 Å². The smallest absolute Gasteiger partial charge is 0.360 e. The Morgan fingerprint density at radius 2 is 1.67 bits per heavy atom. The molecule has 0 radical (unpaired) electrons. The molecule has 0 amide bonds. The lowest BCUT2D eigenvalue weighted by molar-refractivity contribution is 0.0686. The summed E-state index contributed by atoms with van der Waals surface area (Å²) in [5.41, 5.74) is 1.74. The summed E-state index contributed by atoms with van der Waals surface area (Å²) in [5.74, 6) is -2.16. The van der Waals surface area contributed by atoms with Crippen molar-refractivity contribution in [3.05, 3.63) is 76.2 Å². The summed E-state index contributed by atoms with van der Waals surface area (Å²) in [6.07, 6.45) is 1.12. The Morgan fingerprint density at radius 1 is 1.04 bits per heavy atom. The minimum atomic E-state index is -1.49. The Labute approximate surface area is 156 Å². The molecule has 0 aliphatic heterocycles. The SMILES string of the molecule is CC(C)(C)c1ccc(-c2ccccc2-n2cc(O)c(=O)c(C(=O)O)n2)cc1. The highest BCUT2D eigenvalue weighted by Gasteiger charge is 2.18. The third-order valence-electron chi connectivity index (χ3n) is 4.32. The Kier molecular flexibility index (Phi) is 4.57. The first-order valence-corrected chi connectivity index (χ1v) is 8.45. The van der Waals surface area contributed by atoms with Crippen LogP contribution in [0.15, 0.2) is 59.5 Å². The number of carboxylic acids is 1. The molecule has 6 heteroatoms. The van der Waals surface area contributed by atoms with Crippen LogP contribution in [-0.2, 0) is 5.41 Å². The van der Waals surface area contributed by atoms with Crippen molar-refractivity contribution in [3.8, 4) is 22.6 Å². The first-order valence-electron chi connectivity index (χ1n) is 8.45. The normalized spacial score (nSPS) is 11.4. The van der Waals surface area contributed by atoms with Crippen LogP contribution in [0.4, 0.5) is 0 Å². The molecule has 0 saturated carbocycles. The highest BCUT2D eigenvalue weighted by Crippen LogP contribution is 2.29. The molecule has 6 nitrogen and oxygen atoms in total.